The number of nitrogens with two attached hydrogens (primary N) is 1. The van der Waals surface area contributed by atoms with Crippen LogP contribution in [0.2, 0.25) is 0 Å². The van der Waals surface area contributed by atoms with Crippen molar-refractivity contribution in [1.29, 1.82) is 0 Å². The Morgan fingerprint density at radius 1 is 1.70 bits per heavy atom. The molecular formula is C8H12NS+. The van der Waals surface area contributed by atoms with E-state index >= 15 is 0 Å². The second-order valence-electron chi connectivity index (χ2n) is 2.86. The fourth-order valence-corrected chi connectivity index (χ4v) is 2.56. The Kier molecular flexibility index (Phi) is 1.51. The highest BCUT2D eigenvalue weighted by Gasteiger charge is 2.18. The lowest BCUT2D eigenvalue weighted by atomic mass is 10.0. The molecule has 0 aromatic carbocycles. The third-order valence-electron chi connectivity index (χ3n) is 2.16. The molecule has 2 heterocycles. The number of hydrogen-bond acceptors (Lipinski definition) is 1. The molecule has 0 saturated heterocycles. The first kappa shape index (κ1) is 6.38. The molecule has 1 aliphatic rings. The van der Waals surface area contributed by atoms with Gasteiger partial charge in [0.05, 0.1) is 6.54 Å². The van der Waals surface area contributed by atoms with Crippen molar-refractivity contribution in [2.75, 3.05) is 6.54 Å². The van der Waals surface area contributed by atoms with Crippen LogP contribution in [0.1, 0.15) is 23.4 Å². The van der Waals surface area contributed by atoms with E-state index in [1.807, 2.05) is 11.3 Å². The molecule has 0 radical (unpaired) electrons. The fourth-order valence-electron chi connectivity index (χ4n) is 1.55. The minimum atomic E-state index is 0.704. The van der Waals surface area contributed by atoms with Crippen LogP contribution in [0.3, 0.4) is 0 Å². The molecular weight excluding hydrogens is 142 g/mol. The Balaban J connectivity index is 2.41. The predicted octanol–water partition coefficient (Wildman–Crippen LogP) is 0.929. The molecule has 1 aromatic rings. The summed E-state index contributed by atoms with van der Waals surface area (Å²) in [5.41, 5.74) is 1.57. The molecule has 1 atom stereocenters. The van der Waals surface area contributed by atoms with E-state index in [9.17, 15) is 0 Å². The molecule has 10 heavy (non-hydrogen) atoms. The topological polar surface area (TPSA) is 16.6 Å². The van der Waals surface area contributed by atoms with Crippen LogP contribution in [-0.4, -0.2) is 6.54 Å². The van der Waals surface area contributed by atoms with Crippen molar-refractivity contribution >= 4 is 11.3 Å². The SMILES string of the molecule is C[C@@H]1[NH2+]CCc2sccc21. The molecule has 1 nitrogen and oxygen atoms in total. The van der Waals surface area contributed by atoms with Gasteiger partial charge in [-0.1, -0.05) is 0 Å². The van der Waals surface area contributed by atoms with Gasteiger partial charge in [-0.2, -0.15) is 0 Å². The summed E-state index contributed by atoms with van der Waals surface area (Å²) in [6.07, 6.45) is 1.28. The van der Waals surface area contributed by atoms with Crippen LogP contribution in [0.15, 0.2) is 11.4 Å². The van der Waals surface area contributed by atoms with Crippen molar-refractivity contribution < 1.29 is 5.32 Å². The summed E-state index contributed by atoms with van der Waals surface area (Å²) in [5, 5.41) is 4.62. The molecule has 1 aliphatic heterocycles. The zero-order chi connectivity index (χ0) is 6.97. The molecule has 0 unspecified atom stereocenters. The molecule has 1 aromatic heterocycles. The van der Waals surface area contributed by atoms with E-state index in [0.29, 0.717) is 6.04 Å². The van der Waals surface area contributed by atoms with Gasteiger partial charge in [0, 0.05) is 16.9 Å². The number of rotatable bonds is 0. The Morgan fingerprint density at radius 2 is 2.60 bits per heavy atom. The van der Waals surface area contributed by atoms with Crippen LogP contribution in [0.5, 0.6) is 0 Å². The van der Waals surface area contributed by atoms with Gasteiger partial charge in [0.2, 0.25) is 0 Å². The highest BCUT2D eigenvalue weighted by atomic mass is 32.1. The average molecular weight is 154 g/mol. The molecule has 0 amide bonds. The second-order valence-corrected chi connectivity index (χ2v) is 3.86. The van der Waals surface area contributed by atoms with Gasteiger partial charge in [-0.05, 0) is 18.4 Å². The van der Waals surface area contributed by atoms with Crippen molar-refractivity contribution in [2.24, 2.45) is 0 Å². The van der Waals surface area contributed by atoms with Gasteiger partial charge >= 0.3 is 0 Å². The summed E-state index contributed by atoms with van der Waals surface area (Å²) >= 11 is 1.91. The highest BCUT2D eigenvalue weighted by Crippen LogP contribution is 2.23. The molecule has 0 aliphatic carbocycles. The van der Waals surface area contributed by atoms with Gasteiger partial charge in [0.25, 0.3) is 0 Å². The van der Waals surface area contributed by atoms with Gasteiger partial charge in [-0.15, -0.1) is 11.3 Å². The van der Waals surface area contributed by atoms with E-state index in [2.05, 4.69) is 23.7 Å². The predicted molar refractivity (Wildman–Crippen MR) is 43.2 cm³/mol. The Bertz CT molecular complexity index is 229. The first-order chi connectivity index (χ1) is 4.88. The third kappa shape index (κ3) is 0.879. The summed E-state index contributed by atoms with van der Waals surface area (Å²) in [6.45, 7) is 3.55. The number of thiophene rings is 1. The van der Waals surface area contributed by atoms with Crippen LogP contribution >= 0.6 is 11.3 Å². The van der Waals surface area contributed by atoms with Gasteiger partial charge in [-0.3, -0.25) is 0 Å². The summed E-state index contributed by atoms with van der Waals surface area (Å²) in [7, 11) is 0. The van der Waals surface area contributed by atoms with Crippen LogP contribution in [0, 0.1) is 0 Å². The standard InChI is InChI=1S/C8H11NS/c1-6-7-3-5-10-8(7)2-4-9-6/h3,5-6,9H,2,4H2,1H3/p+1/t6-/m0/s1. The van der Waals surface area contributed by atoms with Crippen molar-refractivity contribution in [3.63, 3.8) is 0 Å². The van der Waals surface area contributed by atoms with Gasteiger partial charge in [-0.25, -0.2) is 0 Å². The molecule has 2 heteroatoms. The zero-order valence-electron chi connectivity index (χ0n) is 6.13. The lowest BCUT2D eigenvalue weighted by molar-refractivity contribution is -0.695. The Hall–Kier alpha value is -0.340. The van der Waals surface area contributed by atoms with Gasteiger partial charge < -0.3 is 5.32 Å². The van der Waals surface area contributed by atoms with Gasteiger partial charge in [0.15, 0.2) is 0 Å². The minimum absolute atomic E-state index is 0.704. The Labute approximate surface area is 65.1 Å². The molecule has 0 bridgehead atoms. The minimum Gasteiger partial charge on any atom is -0.340 e. The lowest BCUT2D eigenvalue weighted by Gasteiger charge is -2.16. The van der Waals surface area contributed by atoms with Crippen molar-refractivity contribution in [3.05, 3.63) is 21.9 Å². The van der Waals surface area contributed by atoms with E-state index in [0.717, 1.165) is 0 Å². The van der Waals surface area contributed by atoms with E-state index in [-0.39, 0.29) is 0 Å². The van der Waals surface area contributed by atoms with E-state index in [1.165, 1.54) is 13.0 Å². The fraction of sp³-hybridized carbons (Fsp3) is 0.500. The maximum atomic E-state index is 2.41. The van der Waals surface area contributed by atoms with Crippen molar-refractivity contribution in [2.45, 2.75) is 19.4 Å². The van der Waals surface area contributed by atoms with Crippen LogP contribution in [0.4, 0.5) is 0 Å². The van der Waals surface area contributed by atoms with Crippen molar-refractivity contribution in [1.82, 2.24) is 0 Å². The van der Waals surface area contributed by atoms with E-state index < -0.39 is 0 Å². The average Bonchev–Trinajstić information content (AvgIpc) is 2.36. The monoisotopic (exact) mass is 154 g/mol. The molecule has 0 fully saturated rings. The number of hydrogen-bond donors (Lipinski definition) is 1. The summed E-state index contributed by atoms with van der Waals surface area (Å²) in [6, 6.07) is 2.97. The molecule has 0 saturated carbocycles. The largest absolute Gasteiger partial charge is 0.340 e. The lowest BCUT2D eigenvalue weighted by Crippen LogP contribution is -2.86. The van der Waals surface area contributed by atoms with E-state index in [1.54, 1.807) is 10.4 Å². The van der Waals surface area contributed by atoms with Gasteiger partial charge in [0.1, 0.15) is 6.04 Å². The third-order valence-corrected chi connectivity index (χ3v) is 3.16. The smallest absolute Gasteiger partial charge is 0.110 e. The zero-order valence-corrected chi connectivity index (χ0v) is 6.95. The van der Waals surface area contributed by atoms with Crippen molar-refractivity contribution in [3.8, 4) is 0 Å². The van der Waals surface area contributed by atoms with Crippen LogP contribution in [-0.2, 0) is 6.42 Å². The molecule has 2 rings (SSSR count). The molecule has 54 valence electrons. The summed E-state index contributed by atoms with van der Waals surface area (Å²) in [4.78, 5) is 1.61. The second kappa shape index (κ2) is 2.36. The number of fused-ring (bicyclic) bond motifs is 1. The van der Waals surface area contributed by atoms with Crippen LogP contribution < -0.4 is 5.32 Å². The number of quaternary nitrogens is 1. The summed E-state index contributed by atoms with van der Waals surface area (Å²) < 4.78 is 0. The van der Waals surface area contributed by atoms with E-state index in [4.69, 9.17) is 0 Å². The first-order valence-electron chi connectivity index (χ1n) is 3.77. The quantitative estimate of drug-likeness (QED) is 0.572. The molecule has 2 N–H and O–H groups in total. The summed E-state index contributed by atoms with van der Waals surface area (Å²) in [5.74, 6) is 0. The molecule has 0 spiro atoms. The maximum absolute atomic E-state index is 2.41. The Morgan fingerprint density at radius 3 is 3.40 bits per heavy atom. The highest BCUT2D eigenvalue weighted by molar-refractivity contribution is 7.10. The van der Waals surface area contributed by atoms with Crippen LogP contribution in [0.25, 0.3) is 0 Å². The first-order valence-corrected chi connectivity index (χ1v) is 4.65. The normalized spacial score (nSPS) is 24.3. The maximum Gasteiger partial charge on any atom is 0.110 e.